The van der Waals surface area contributed by atoms with E-state index in [-0.39, 0.29) is 12.6 Å². The van der Waals surface area contributed by atoms with Crippen molar-refractivity contribution < 1.29 is 19.0 Å². The third-order valence-corrected chi connectivity index (χ3v) is 2.76. The van der Waals surface area contributed by atoms with Crippen LogP contribution in [-0.2, 0) is 19.0 Å². The fourth-order valence-electron chi connectivity index (χ4n) is 1.32. The predicted octanol–water partition coefficient (Wildman–Crippen LogP) is 1.71. The molecular weight excluding hydrogens is 264 g/mol. The zero-order valence-electron chi connectivity index (χ0n) is 9.12. The lowest BCUT2D eigenvalue weighted by Crippen LogP contribution is -2.45. The van der Waals surface area contributed by atoms with E-state index in [0.29, 0.717) is 19.1 Å². The minimum Gasteiger partial charge on any atom is -0.460 e. The van der Waals surface area contributed by atoms with Crippen LogP contribution in [0.15, 0.2) is 0 Å². The fraction of sp³-hybridized carbons (Fsp3) is 0.900. The SMILES string of the molecule is CC(=O)OCC1(C)OCC(CCBr)CO1. The van der Waals surface area contributed by atoms with Crippen molar-refractivity contribution in [3.8, 4) is 0 Å². The van der Waals surface area contributed by atoms with Gasteiger partial charge in [-0.1, -0.05) is 15.9 Å². The van der Waals surface area contributed by atoms with Crippen LogP contribution in [0.2, 0.25) is 0 Å². The third-order valence-electron chi connectivity index (χ3n) is 2.30. The lowest BCUT2D eigenvalue weighted by atomic mass is 10.1. The normalized spacial score (nSPS) is 31.3. The Hall–Kier alpha value is -0.130. The Bertz CT molecular complexity index is 211. The third kappa shape index (κ3) is 4.49. The largest absolute Gasteiger partial charge is 0.460 e. The molecule has 1 heterocycles. The second kappa shape index (κ2) is 5.82. The fourth-order valence-corrected chi connectivity index (χ4v) is 1.96. The topological polar surface area (TPSA) is 44.8 Å². The highest BCUT2D eigenvalue weighted by atomic mass is 79.9. The molecule has 0 N–H and O–H groups in total. The number of carbonyl (C=O) groups is 1. The van der Waals surface area contributed by atoms with Crippen molar-refractivity contribution in [1.82, 2.24) is 0 Å². The quantitative estimate of drug-likeness (QED) is 0.581. The number of halogens is 1. The number of ether oxygens (including phenoxy) is 3. The Labute approximate surface area is 98.4 Å². The molecule has 5 heteroatoms. The van der Waals surface area contributed by atoms with Gasteiger partial charge in [-0.25, -0.2) is 0 Å². The molecule has 1 aliphatic heterocycles. The van der Waals surface area contributed by atoms with Crippen LogP contribution in [-0.4, -0.2) is 36.9 Å². The molecule has 0 atom stereocenters. The molecular formula is C10H17BrO4. The molecule has 4 nitrogen and oxygen atoms in total. The molecule has 0 radical (unpaired) electrons. The van der Waals surface area contributed by atoms with Gasteiger partial charge in [0.15, 0.2) is 5.79 Å². The summed E-state index contributed by atoms with van der Waals surface area (Å²) in [6, 6.07) is 0. The molecule has 0 spiro atoms. The van der Waals surface area contributed by atoms with Crippen LogP contribution in [0.4, 0.5) is 0 Å². The minimum atomic E-state index is -0.769. The number of hydrogen-bond acceptors (Lipinski definition) is 4. The summed E-state index contributed by atoms with van der Waals surface area (Å²) in [6.45, 7) is 4.64. The highest BCUT2D eigenvalue weighted by Gasteiger charge is 2.33. The van der Waals surface area contributed by atoms with Gasteiger partial charge in [-0.2, -0.15) is 0 Å². The zero-order chi connectivity index (χ0) is 11.3. The summed E-state index contributed by atoms with van der Waals surface area (Å²) < 4.78 is 16.0. The molecule has 0 amide bonds. The summed E-state index contributed by atoms with van der Waals surface area (Å²) in [5.41, 5.74) is 0. The molecule has 0 aromatic carbocycles. The Morgan fingerprint density at radius 3 is 2.60 bits per heavy atom. The van der Waals surface area contributed by atoms with Gasteiger partial charge >= 0.3 is 5.97 Å². The summed E-state index contributed by atoms with van der Waals surface area (Å²) in [6.07, 6.45) is 1.03. The second-order valence-electron chi connectivity index (χ2n) is 3.88. The monoisotopic (exact) mass is 280 g/mol. The molecule has 1 aliphatic rings. The number of hydrogen-bond donors (Lipinski definition) is 0. The van der Waals surface area contributed by atoms with Gasteiger partial charge in [-0.15, -0.1) is 0 Å². The zero-order valence-corrected chi connectivity index (χ0v) is 10.7. The molecule has 1 rings (SSSR count). The van der Waals surface area contributed by atoms with E-state index in [1.807, 2.05) is 0 Å². The molecule has 0 aromatic heterocycles. The average Bonchev–Trinajstić information content (AvgIpc) is 2.20. The van der Waals surface area contributed by atoms with Crippen LogP contribution in [0.25, 0.3) is 0 Å². The van der Waals surface area contributed by atoms with Gasteiger partial charge in [0, 0.05) is 18.2 Å². The Morgan fingerprint density at radius 2 is 2.13 bits per heavy atom. The lowest BCUT2D eigenvalue weighted by molar-refractivity contribution is -0.288. The van der Waals surface area contributed by atoms with Gasteiger partial charge in [0.2, 0.25) is 0 Å². The number of esters is 1. The summed E-state index contributed by atoms with van der Waals surface area (Å²) >= 11 is 3.38. The lowest BCUT2D eigenvalue weighted by Gasteiger charge is -2.36. The van der Waals surface area contributed by atoms with Crippen molar-refractivity contribution in [2.45, 2.75) is 26.1 Å². The molecule has 15 heavy (non-hydrogen) atoms. The maximum absolute atomic E-state index is 10.7. The summed E-state index contributed by atoms with van der Waals surface area (Å²) in [4.78, 5) is 10.7. The van der Waals surface area contributed by atoms with Crippen LogP contribution < -0.4 is 0 Å². The van der Waals surface area contributed by atoms with E-state index >= 15 is 0 Å². The van der Waals surface area contributed by atoms with Gasteiger partial charge in [0.1, 0.15) is 6.61 Å². The van der Waals surface area contributed by atoms with Crippen LogP contribution >= 0.6 is 15.9 Å². The van der Waals surface area contributed by atoms with Gasteiger partial charge < -0.3 is 14.2 Å². The highest BCUT2D eigenvalue weighted by Crippen LogP contribution is 2.23. The van der Waals surface area contributed by atoms with Crippen molar-refractivity contribution in [2.24, 2.45) is 5.92 Å². The molecule has 0 aliphatic carbocycles. The number of alkyl halides is 1. The maximum Gasteiger partial charge on any atom is 0.302 e. The van der Waals surface area contributed by atoms with Crippen LogP contribution in [0.3, 0.4) is 0 Å². The van der Waals surface area contributed by atoms with Crippen molar-refractivity contribution in [3.63, 3.8) is 0 Å². The van der Waals surface area contributed by atoms with Gasteiger partial charge in [0.05, 0.1) is 13.2 Å². The number of carbonyl (C=O) groups excluding carboxylic acids is 1. The van der Waals surface area contributed by atoms with Crippen molar-refractivity contribution >= 4 is 21.9 Å². The predicted molar refractivity (Wildman–Crippen MR) is 58.8 cm³/mol. The van der Waals surface area contributed by atoms with Crippen LogP contribution in [0, 0.1) is 5.92 Å². The molecule has 0 bridgehead atoms. The van der Waals surface area contributed by atoms with Crippen molar-refractivity contribution in [2.75, 3.05) is 25.2 Å². The van der Waals surface area contributed by atoms with E-state index < -0.39 is 5.79 Å². The van der Waals surface area contributed by atoms with Gasteiger partial charge in [-0.3, -0.25) is 4.79 Å². The van der Waals surface area contributed by atoms with E-state index in [9.17, 15) is 4.79 Å². The van der Waals surface area contributed by atoms with E-state index in [1.54, 1.807) is 6.92 Å². The first-order chi connectivity index (χ1) is 7.06. The highest BCUT2D eigenvalue weighted by molar-refractivity contribution is 9.09. The van der Waals surface area contributed by atoms with E-state index in [1.165, 1.54) is 6.92 Å². The molecule has 88 valence electrons. The Morgan fingerprint density at radius 1 is 1.53 bits per heavy atom. The molecule has 0 aromatic rings. The maximum atomic E-state index is 10.7. The summed E-state index contributed by atoms with van der Waals surface area (Å²) in [5, 5.41) is 0.949. The van der Waals surface area contributed by atoms with Crippen LogP contribution in [0.1, 0.15) is 20.3 Å². The molecule has 1 fully saturated rings. The summed E-state index contributed by atoms with van der Waals surface area (Å²) in [7, 11) is 0. The van der Waals surface area contributed by atoms with Crippen LogP contribution in [0.5, 0.6) is 0 Å². The number of rotatable bonds is 4. The Kier molecular flexibility index (Phi) is 5.02. The van der Waals surface area contributed by atoms with E-state index in [2.05, 4.69) is 15.9 Å². The molecule has 0 saturated carbocycles. The van der Waals surface area contributed by atoms with Crippen molar-refractivity contribution in [1.29, 1.82) is 0 Å². The first kappa shape index (κ1) is 12.9. The van der Waals surface area contributed by atoms with E-state index in [0.717, 1.165) is 11.8 Å². The van der Waals surface area contributed by atoms with E-state index in [4.69, 9.17) is 14.2 Å². The second-order valence-corrected chi connectivity index (χ2v) is 4.67. The van der Waals surface area contributed by atoms with Gasteiger partial charge in [0.25, 0.3) is 0 Å². The molecule has 1 saturated heterocycles. The minimum absolute atomic E-state index is 0.156. The first-order valence-electron chi connectivity index (χ1n) is 5.03. The first-order valence-corrected chi connectivity index (χ1v) is 6.15. The standard InChI is InChI=1S/C10H17BrO4/c1-8(12)13-7-10(2)14-5-9(3-4-11)6-15-10/h9H,3-7H2,1-2H3. The molecule has 0 unspecified atom stereocenters. The van der Waals surface area contributed by atoms with Crippen molar-refractivity contribution in [3.05, 3.63) is 0 Å². The average molecular weight is 281 g/mol. The van der Waals surface area contributed by atoms with Gasteiger partial charge in [-0.05, 0) is 13.3 Å². The Balaban J connectivity index is 2.30. The summed E-state index contributed by atoms with van der Waals surface area (Å²) in [5.74, 6) is -0.658. The smallest absolute Gasteiger partial charge is 0.302 e.